The van der Waals surface area contributed by atoms with Crippen LogP contribution in [-0.2, 0) is 14.3 Å². The number of hydrogen-bond acceptors (Lipinski definition) is 3. The zero-order chi connectivity index (χ0) is 32.6. The molecule has 0 bridgehead atoms. The van der Waals surface area contributed by atoms with Crippen molar-refractivity contribution in [1.29, 1.82) is 0 Å². The SMILES string of the molecule is C=C(C)[C@@H]1CC[C@]2(C(=O)N3CCC(CCCC(=O)OC)CC3)CC[C@]3(C)[C@H](CC[C@@H]4[C@@]5(C)CC[C@H](C)C(C)(C)[C@@H]5CC[C@]43C)[C@@H]12. The number of methoxy groups -OCH3 is 1. The van der Waals surface area contributed by atoms with Gasteiger partial charge in [-0.25, -0.2) is 0 Å². The molecule has 1 saturated heterocycles. The number of rotatable bonds is 6. The fourth-order valence-electron chi connectivity index (χ4n) is 14.1. The summed E-state index contributed by atoms with van der Waals surface area (Å²) in [6, 6.07) is 0. The maximum Gasteiger partial charge on any atom is 0.305 e. The number of hydrogen-bond donors (Lipinski definition) is 0. The summed E-state index contributed by atoms with van der Waals surface area (Å²) in [6.07, 6.45) is 17.3. The number of fused-ring (bicyclic) bond motifs is 7. The Labute approximate surface area is 276 Å². The molecule has 1 aliphatic heterocycles. The van der Waals surface area contributed by atoms with Crippen molar-refractivity contribution in [3.63, 3.8) is 0 Å². The molecule has 5 saturated carbocycles. The van der Waals surface area contributed by atoms with Crippen molar-refractivity contribution in [2.45, 2.75) is 145 Å². The Hall–Kier alpha value is -1.32. The van der Waals surface area contributed by atoms with Gasteiger partial charge in [0.05, 0.1) is 12.5 Å². The quantitative estimate of drug-likeness (QED) is 0.219. The van der Waals surface area contributed by atoms with Gasteiger partial charge in [-0.1, -0.05) is 53.7 Å². The lowest BCUT2D eigenvalue weighted by atomic mass is 9.32. The third-order valence-corrected chi connectivity index (χ3v) is 17.2. The molecule has 5 aliphatic carbocycles. The van der Waals surface area contributed by atoms with Gasteiger partial charge in [-0.15, -0.1) is 0 Å². The predicted octanol–water partition coefficient (Wildman–Crippen LogP) is 9.86. The molecule has 0 unspecified atom stereocenters. The first-order valence-corrected chi connectivity index (χ1v) is 19.2. The van der Waals surface area contributed by atoms with Gasteiger partial charge in [-0.2, -0.15) is 0 Å². The van der Waals surface area contributed by atoms with Gasteiger partial charge in [0.15, 0.2) is 0 Å². The van der Waals surface area contributed by atoms with Crippen LogP contribution in [0.3, 0.4) is 0 Å². The molecular formula is C41H67NO3. The van der Waals surface area contributed by atoms with Gasteiger partial charge in [0.25, 0.3) is 0 Å². The molecule has 254 valence electrons. The molecule has 6 aliphatic rings. The molecule has 6 fully saturated rings. The minimum atomic E-state index is -0.196. The molecule has 10 atom stereocenters. The second kappa shape index (κ2) is 11.7. The van der Waals surface area contributed by atoms with E-state index in [0.717, 1.165) is 75.8 Å². The van der Waals surface area contributed by atoms with E-state index < -0.39 is 0 Å². The van der Waals surface area contributed by atoms with Gasteiger partial charge in [-0.3, -0.25) is 9.59 Å². The number of allylic oxidation sites excluding steroid dienone is 1. The first-order chi connectivity index (χ1) is 21.2. The van der Waals surface area contributed by atoms with E-state index in [1.54, 1.807) is 0 Å². The number of carbonyl (C=O) groups is 2. The smallest absolute Gasteiger partial charge is 0.305 e. The Morgan fingerprint density at radius 1 is 0.822 bits per heavy atom. The van der Waals surface area contributed by atoms with E-state index in [0.29, 0.717) is 52.2 Å². The molecule has 0 spiro atoms. The molecule has 0 radical (unpaired) electrons. The van der Waals surface area contributed by atoms with Crippen molar-refractivity contribution >= 4 is 11.9 Å². The van der Waals surface area contributed by atoms with Gasteiger partial charge in [0.2, 0.25) is 5.91 Å². The third-order valence-electron chi connectivity index (χ3n) is 17.2. The standard InChI is InChI=1S/C41H67NO3/c1-27(2)30-16-22-41(36(44)42-25-18-29(19-26-42)11-10-12-34(43)45-9)24-23-39(7)31(35(30)41)13-14-33-38(6)20-15-28(3)37(4,5)32(38)17-21-40(33,39)8/h28-33,35H,1,10-26H2,2-9H3/t28-,30-,31+,32-,33+,35+,38-,39+,40+,41-/m0/s1. The molecule has 0 aromatic heterocycles. The largest absolute Gasteiger partial charge is 0.469 e. The highest BCUT2D eigenvalue weighted by molar-refractivity contribution is 5.84. The van der Waals surface area contributed by atoms with Crippen LogP contribution in [0.5, 0.6) is 0 Å². The maximum absolute atomic E-state index is 14.9. The minimum absolute atomic E-state index is 0.104. The van der Waals surface area contributed by atoms with Crippen LogP contribution in [0.2, 0.25) is 0 Å². The summed E-state index contributed by atoms with van der Waals surface area (Å²) in [5.41, 5.74) is 2.62. The van der Waals surface area contributed by atoms with Crippen molar-refractivity contribution in [2.75, 3.05) is 20.2 Å². The van der Waals surface area contributed by atoms with E-state index in [-0.39, 0.29) is 16.8 Å². The summed E-state index contributed by atoms with van der Waals surface area (Å²) in [5, 5.41) is 0. The van der Waals surface area contributed by atoms with Crippen LogP contribution in [0, 0.1) is 68.5 Å². The average molecular weight is 622 g/mol. The number of piperidine rings is 1. The summed E-state index contributed by atoms with van der Waals surface area (Å²) in [6.45, 7) is 24.5. The third kappa shape index (κ3) is 4.93. The van der Waals surface area contributed by atoms with Crippen molar-refractivity contribution in [2.24, 2.45) is 68.5 Å². The van der Waals surface area contributed by atoms with E-state index >= 15 is 0 Å². The van der Waals surface area contributed by atoms with Crippen LogP contribution in [0.15, 0.2) is 12.2 Å². The molecule has 4 nitrogen and oxygen atoms in total. The molecule has 0 N–H and O–H groups in total. The fourth-order valence-corrected chi connectivity index (χ4v) is 14.1. The molecule has 1 amide bonds. The maximum atomic E-state index is 14.9. The summed E-state index contributed by atoms with van der Waals surface area (Å²) < 4.78 is 4.84. The second-order valence-corrected chi connectivity index (χ2v) is 18.8. The Morgan fingerprint density at radius 3 is 2.20 bits per heavy atom. The van der Waals surface area contributed by atoms with Crippen LogP contribution >= 0.6 is 0 Å². The Morgan fingerprint density at radius 2 is 1.53 bits per heavy atom. The predicted molar refractivity (Wildman–Crippen MR) is 183 cm³/mol. The lowest BCUT2D eigenvalue weighted by Crippen LogP contribution is -2.67. The van der Waals surface area contributed by atoms with E-state index in [4.69, 9.17) is 4.74 Å². The van der Waals surface area contributed by atoms with Crippen LogP contribution in [0.1, 0.15) is 145 Å². The zero-order valence-corrected chi connectivity index (χ0v) is 30.4. The van der Waals surface area contributed by atoms with E-state index in [9.17, 15) is 9.59 Å². The Balaban J connectivity index is 1.24. The van der Waals surface area contributed by atoms with Gasteiger partial charge in [0, 0.05) is 19.5 Å². The normalized spacial score (nSPS) is 45.9. The summed E-state index contributed by atoms with van der Waals surface area (Å²) >= 11 is 0. The van der Waals surface area contributed by atoms with Crippen molar-refractivity contribution in [3.8, 4) is 0 Å². The molecule has 0 aromatic rings. The van der Waals surface area contributed by atoms with Gasteiger partial charge in [0.1, 0.15) is 0 Å². The number of esters is 1. The molecule has 1 heterocycles. The van der Waals surface area contributed by atoms with Crippen molar-refractivity contribution < 1.29 is 14.3 Å². The van der Waals surface area contributed by atoms with Gasteiger partial charge in [-0.05, 0) is 160 Å². The van der Waals surface area contributed by atoms with Gasteiger partial charge < -0.3 is 9.64 Å². The molecule has 4 heteroatoms. The van der Waals surface area contributed by atoms with Crippen LogP contribution in [0.4, 0.5) is 0 Å². The summed E-state index contributed by atoms with van der Waals surface area (Å²) in [4.78, 5) is 28.8. The van der Waals surface area contributed by atoms with Crippen LogP contribution in [-0.4, -0.2) is 37.0 Å². The highest BCUT2D eigenvalue weighted by Gasteiger charge is 2.72. The number of carbonyl (C=O) groups excluding carboxylic acids is 2. The average Bonchev–Trinajstić information content (AvgIpc) is 3.41. The Kier molecular flexibility index (Phi) is 8.71. The van der Waals surface area contributed by atoms with Gasteiger partial charge >= 0.3 is 5.97 Å². The molecular weight excluding hydrogens is 554 g/mol. The zero-order valence-electron chi connectivity index (χ0n) is 30.4. The molecule has 6 rings (SSSR count). The monoisotopic (exact) mass is 622 g/mol. The lowest BCUT2D eigenvalue weighted by molar-refractivity contribution is -0.242. The first kappa shape index (κ1) is 33.6. The highest BCUT2D eigenvalue weighted by Crippen LogP contribution is 2.78. The number of likely N-dealkylation sites (tertiary alicyclic amines) is 1. The fraction of sp³-hybridized carbons (Fsp3) is 0.902. The van der Waals surface area contributed by atoms with E-state index in [1.807, 2.05) is 0 Å². The first-order valence-electron chi connectivity index (χ1n) is 19.2. The Bertz CT molecular complexity index is 1170. The highest BCUT2D eigenvalue weighted by atomic mass is 16.5. The summed E-state index contributed by atoms with van der Waals surface area (Å²) in [7, 11) is 1.48. The van der Waals surface area contributed by atoms with Crippen LogP contribution < -0.4 is 0 Å². The minimum Gasteiger partial charge on any atom is -0.469 e. The van der Waals surface area contributed by atoms with Crippen molar-refractivity contribution in [3.05, 3.63) is 12.2 Å². The molecule has 45 heavy (non-hydrogen) atoms. The lowest BCUT2D eigenvalue weighted by Gasteiger charge is -2.73. The van der Waals surface area contributed by atoms with Crippen molar-refractivity contribution in [1.82, 2.24) is 4.90 Å². The number of ether oxygens (including phenoxy) is 1. The van der Waals surface area contributed by atoms with E-state index in [2.05, 4.69) is 59.9 Å². The van der Waals surface area contributed by atoms with Crippen LogP contribution in [0.25, 0.3) is 0 Å². The topological polar surface area (TPSA) is 46.6 Å². The summed E-state index contributed by atoms with van der Waals surface area (Å²) in [5.74, 6) is 5.00. The second-order valence-electron chi connectivity index (χ2n) is 18.8. The number of amides is 1. The molecule has 0 aromatic carbocycles. The number of nitrogens with zero attached hydrogens (tertiary/aromatic N) is 1. The van der Waals surface area contributed by atoms with E-state index in [1.165, 1.54) is 57.6 Å².